The minimum atomic E-state index is -0.196. The lowest BCUT2D eigenvalue weighted by Gasteiger charge is -2.23. The van der Waals surface area contributed by atoms with Crippen molar-refractivity contribution in [2.24, 2.45) is 5.92 Å². The van der Waals surface area contributed by atoms with E-state index in [-0.39, 0.29) is 11.9 Å². The normalized spacial score (nSPS) is 12.0. The molecule has 0 bridgehead atoms. The summed E-state index contributed by atoms with van der Waals surface area (Å²) < 4.78 is 5.31. The van der Waals surface area contributed by atoms with Gasteiger partial charge in [0.2, 0.25) is 0 Å². The third kappa shape index (κ3) is 5.22. The van der Waals surface area contributed by atoms with Crippen LogP contribution in [0.1, 0.15) is 20.3 Å². The van der Waals surface area contributed by atoms with Gasteiger partial charge in [-0.1, -0.05) is 13.8 Å². The number of alkyl halides is 2. The van der Waals surface area contributed by atoms with Crippen molar-refractivity contribution in [1.82, 2.24) is 0 Å². The highest BCUT2D eigenvalue weighted by Crippen LogP contribution is 2.20. The molecule has 3 nitrogen and oxygen atoms in total. The van der Waals surface area contributed by atoms with Crippen LogP contribution in [0.5, 0.6) is 5.75 Å². The number of esters is 1. The summed E-state index contributed by atoms with van der Waals surface area (Å²) in [4.78, 5) is 13.8. The number of ether oxygens (including phenoxy) is 1. The van der Waals surface area contributed by atoms with Crippen molar-refractivity contribution in [2.45, 2.75) is 20.3 Å². The fraction of sp³-hybridized carbons (Fsp3) is 0.533. The molecule has 0 saturated carbocycles. The standard InChI is InChI=1S/C15H21Cl2NO2/c1-3-12(2)15(19)20-14-6-4-13(5-7-14)18(10-8-16)11-9-17/h4-7,12H,3,8-11H2,1-2H3. The molecule has 1 unspecified atom stereocenters. The Bertz CT molecular complexity index is 403. The van der Waals surface area contributed by atoms with E-state index in [1.54, 1.807) is 12.1 Å². The van der Waals surface area contributed by atoms with E-state index in [2.05, 4.69) is 4.90 Å². The van der Waals surface area contributed by atoms with E-state index in [0.29, 0.717) is 17.5 Å². The number of hydrogen-bond donors (Lipinski definition) is 0. The van der Waals surface area contributed by atoms with Gasteiger partial charge in [0.1, 0.15) is 5.75 Å². The quantitative estimate of drug-likeness (QED) is 0.413. The summed E-state index contributed by atoms with van der Waals surface area (Å²) in [5.74, 6) is 1.37. The summed E-state index contributed by atoms with van der Waals surface area (Å²) in [5.41, 5.74) is 1.02. The van der Waals surface area contributed by atoms with Gasteiger partial charge in [0.25, 0.3) is 0 Å². The molecule has 0 radical (unpaired) electrons. The number of rotatable bonds is 8. The first kappa shape index (κ1) is 17.1. The molecule has 0 spiro atoms. The van der Waals surface area contributed by atoms with Crippen molar-refractivity contribution in [3.63, 3.8) is 0 Å². The molecule has 0 fully saturated rings. The molecule has 0 aromatic heterocycles. The fourth-order valence-corrected chi connectivity index (χ4v) is 2.09. The topological polar surface area (TPSA) is 29.5 Å². The van der Waals surface area contributed by atoms with Crippen molar-refractivity contribution in [3.05, 3.63) is 24.3 Å². The Balaban J connectivity index is 2.69. The highest BCUT2D eigenvalue weighted by molar-refractivity contribution is 6.18. The molecular weight excluding hydrogens is 297 g/mol. The summed E-state index contributed by atoms with van der Waals surface area (Å²) in [6.45, 7) is 5.30. The largest absolute Gasteiger partial charge is 0.426 e. The van der Waals surface area contributed by atoms with E-state index >= 15 is 0 Å². The maximum atomic E-state index is 11.7. The van der Waals surface area contributed by atoms with E-state index in [1.807, 2.05) is 26.0 Å². The monoisotopic (exact) mass is 317 g/mol. The van der Waals surface area contributed by atoms with Crippen LogP contribution >= 0.6 is 23.2 Å². The van der Waals surface area contributed by atoms with Gasteiger partial charge in [-0.2, -0.15) is 0 Å². The van der Waals surface area contributed by atoms with E-state index in [9.17, 15) is 4.79 Å². The third-order valence-corrected chi connectivity index (χ3v) is 3.48. The van der Waals surface area contributed by atoms with Gasteiger partial charge >= 0.3 is 5.97 Å². The van der Waals surface area contributed by atoms with E-state index < -0.39 is 0 Å². The molecule has 0 aliphatic carbocycles. The summed E-state index contributed by atoms with van der Waals surface area (Å²) in [5, 5.41) is 0. The lowest BCUT2D eigenvalue weighted by Crippen LogP contribution is -2.27. The highest BCUT2D eigenvalue weighted by atomic mass is 35.5. The molecule has 0 aliphatic heterocycles. The Morgan fingerprint density at radius 2 is 1.75 bits per heavy atom. The first-order chi connectivity index (χ1) is 9.62. The number of halogens is 2. The van der Waals surface area contributed by atoms with E-state index in [0.717, 1.165) is 25.2 Å². The average Bonchev–Trinajstić information content (AvgIpc) is 2.47. The van der Waals surface area contributed by atoms with E-state index in [1.165, 1.54) is 0 Å². The molecule has 112 valence electrons. The zero-order valence-electron chi connectivity index (χ0n) is 11.9. The fourth-order valence-electron chi connectivity index (χ4n) is 1.68. The van der Waals surface area contributed by atoms with Gasteiger partial charge in [-0.3, -0.25) is 4.79 Å². The van der Waals surface area contributed by atoms with Gasteiger partial charge in [0, 0.05) is 30.5 Å². The van der Waals surface area contributed by atoms with Crippen LogP contribution in [-0.2, 0) is 4.79 Å². The number of nitrogens with zero attached hydrogens (tertiary/aromatic N) is 1. The van der Waals surface area contributed by atoms with Gasteiger partial charge < -0.3 is 9.64 Å². The third-order valence-electron chi connectivity index (χ3n) is 3.14. The van der Waals surface area contributed by atoms with Crippen molar-refractivity contribution >= 4 is 34.9 Å². The Kier molecular flexibility index (Phi) is 7.78. The van der Waals surface area contributed by atoms with Gasteiger partial charge in [-0.05, 0) is 30.7 Å². The number of hydrogen-bond acceptors (Lipinski definition) is 3. The first-order valence-electron chi connectivity index (χ1n) is 6.81. The minimum absolute atomic E-state index is 0.0846. The summed E-state index contributed by atoms with van der Waals surface area (Å²) >= 11 is 11.6. The Labute approximate surface area is 130 Å². The van der Waals surface area contributed by atoms with Gasteiger partial charge in [-0.15, -0.1) is 23.2 Å². The molecule has 0 aliphatic rings. The summed E-state index contributed by atoms with van der Waals surface area (Å²) in [6, 6.07) is 7.42. The van der Waals surface area contributed by atoms with Gasteiger partial charge in [0.15, 0.2) is 0 Å². The van der Waals surface area contributed by atoms with Crippen LogP contribution < -0.4 is 9.64 Å². The predicted octanol–water partition coefficient (Wildman–Crippen LogP) is 3.92. The smallest absolute Gasteiger partial charge is 0.314 e. The van der Waals surface area contributed by atoms with Crippen LogP contribution in [0.2, 0.25) is 0 Å². The molecule has 1 rings (SSSR count). The van der Waals surface area contributed by atoms with Gasteiger partial charge in [-0.25, -0.2) is 0 Å². The Morgan fingerprint density at radius 1 is 1.20 bits per heavy atom. The van der Waals surface area contributed by atoms with Crippen LogP contribution in [0, 0.1) is 5.92 Å². The van der Waals surface area contributed by atoms with Crippen molar-refractivity contribution in [2.75, 3.05) is 29.7 Å². The molecule has 5 heteroatoms. The summed E-state index contributed by atoms with van der Waals surface area (Å²) in [7, 11) is 0. The molecule has 1 atom stereocenters. The van der Waals surface area contributed by atoms with Crippen molar-refractivity contribution in [3.8, 4) is 5.75 Å². The van der Waals surface area contributed by atoms with Crippen molar-refractivity contribution < 1.29 is 9.53 Å². The Hall–Kier alpha value is -0.930. The van der Waals surface area contributed by atoms with Crippen LogP contribution in [0.3, 0.4) is 0 Å². The molecule has 0 heterocycles. The van der Waals surface area contributed by atoms with Crippen LogP contribution in [0.4, 0.5) is 5.69 Å². The zero-order chi connectivity index (χ0) is 15.0. The highest BCUT2D eigenvalue weighted by Gasteiger charge is 2.13. The second-order valence-corrected chi connectivity index (χ2v) is 5.35. The number of carbonyl (C=O) groups excluding carboxylic acids is 1. The lowest BCUT2D eigenvalue weighted by molar-refractivity contribution is -0.138. The minimum Gasteiger partial charge on any atom is -0.426 e. The number of anilines is 1. The zero-order valence-corrected chi connectivity index (χ0v) is 13.5. The van der Waals surface area contributed by atoms with Crippen LogP contribution in [0.25, 0.3) is 0 Å². The summed E-state index contributed by atoms with van der Waals surface area (Å²) in [6.07, 6.45) is 0.774. The maximum Gasteiger partial charge on any atom is 0.314 e. The molecule has 20 heavy (non-hydrogen) atoms. The molecule has 0 saturated heterocycles. The SMILES string of the molecule is CCC(C)C(=O)Oc1ccc(N(CCCl)CCCl)cc1. The average molecular weight is 318 g/mol. The molecule has 1 aromatic rings. The molecule has 1 aromatic carbocycles. The predicted molar refractivity (Wildman–Crippen MR) is 85.2 cm³/mol. The van der Waals surface area contributed by atoms with Crippen LogP contribution in [0.15, 0.2) is 24.3 Å². The van der Waals surface area contributed by atoms with E-state index in [4.69, 9.17) is 27.9 Å². The maximum absolute atomic E-state index is 11.7. The molecular formula is C15H21Cl2NO2. The number of carbonyl (C=O) groups is 1. The molecule has 0 N–H and O–H groups in total. The van der Waals surface area contributed by atoms with Crippen molar-refractivity contribution in [1.29, 1.82) is 0 Å². The van der Waals surface area contributed by atoms with Gasteiger partial charge in [0.05, 0.1) is 5.92 Å². The van der Waals surface area contributed by atoms with Crippen LogP contribution in [-0.4, -0.2) is 30.8 Å². The second-order valence-electron chi connectivity index (χ2n) is 4.59. The lowest BCUT2D eigenvalue weighted by atomic mass is 10.1. The number of benzene rings is 1. The second kappa shape index (κ2) is 9.09. The first-order valence-corrected chi connectivity index (χ1v) is 7.87. The Morgan fingerprint density at radius 3 is 2.20 bits per heavy atom. The molecule has 0 amide bonds.